The summed E-state index contributed by atoms with van der Waals surface area (Å²) >= 11 is 0. The summed E-state index contributed by atoms with van der Waals surface area (Å²) in [7, 11) is 1.58. The van der Waals surface area contributed by atoms with Gasteiger partial charge in [-0.15, -0.1) is 0 Å². The van der Waals surface area contributed by atoms with Crippen LogP contribution in [0, 0.1) is 6.92 Å². The third kappa shape index (κ3) is 1.22. The minimum atomic E-state index is 0.624. The van der Waals surface area contributed by atoms with Crippen LogP contribution in [0.4, 0.5) is 11.4 Å². The fraction of sp³-hybridized carbons (Fsp3) is 0.250. The lowest BCUT2D eigenvalue weighted by Gasteiger charge is -2.09. The molecule has 0 bridgehead atoms. The molecule has 0 amide bonds. The van der Waals surface area contributed by atoms with Gasteiger partial charge in [0, 0.05) is 11.3 Å². The summed E-state index contributed by atoms with van der Waals surface area (Å²) in [5, 5.41) is 0. The van der Waals surface area contributed by atoms with Crippen LogP contribution < -0.4 is 16.2 Å². The predicted octanol–water partition coefficient (Wildman–Crippen LogP) is 1.17. The Bertz CT molecular complexity index is 271. The molecule has 1 rings (SSSR count). The number of nitrogen functional groups attached to an aromatic ring is 2. The van der Waals surface area contributed by atoms with Gasteiger partial charge in [-0.25, -0.2) is 0 Å². The lowest BCUT2D eigenvalue weighted by molar-refractivity contribution is 0.414. The maximum absolute atomic E-state index is 5.63. The maximum atomic E-state index is 5.63. The van der Waals surface area contributed by atoms with Gasteiger partial charge in [-0.1, -0.05) is 0 Å². The molecular weight excluding hydrogens is 140 g/mol. The molecule has 11 heavy (non-hydrogen) atoms. The van der Waals surface area contributed by atoms with E-state index in [1.54, 1.807) is 19.2 Å². The Labute approximate surface area is 66.0 Å². The average molecular weight is 152 g/mol. The summed E-state index contributed by atoms with van der Waals surface area (Å²) in [4.78, 5) is 0. The Kier molecular flexibility index (Phi) is 1.89. The van der Waals surface area contributed by atoms with Gasteiger partial charge in [-0.2, -0.15) is 0 Å². The van der Waals surface area contributed by atoms with Crippen LogP contribution in [0.1, 0.15) is 5.56 Å². The van der Waals surface area contributed by atoms with E-state index in [4.69, 9.17) is 16.2 Å². The van der Waals surface area contributed by atoms with Crippen molar-refractivity contribution in [3.05, 3.63) is 17.7 Å². The van der Waals surface area contributed by atoms with Gasteiger partial charge in [-0.05, 0) is 19.1 Å². The number of anilines is 2. The molecule has 0 radical (unpaired) electrons. The molecule has 0 saturated heterocycles. The zero-order chi connectivity index (χ0) is 8.43. The molecule has 1 aromatic rings. The monoisotopic (exact) mass is 152 g/mol. The van der Waals surface area contributed by atoms with Crippen molar-refractivity contribution in [1.82, 2.24) is 0 Å². The standard InChI is InChI=1S/C8H12N2O/c1-5-6(9)3-4-7(10)8(5)11-2/h3-4H,9-10H2,1-2H3. The Morgan fingerprint density at radius 2 is 1.73 bits per heavy atom. The van der Waals surface area contributed by atoms with Crippen molar-refractivity contribution in [2.24, 2.45) is 0 Å². The first-order chi connectivity index (χ1) is 5.16. The number of rotatable bonds is 1. The topological polar surface area (TPSA) is 61.3 Å². The molecule has 3 nitrogen and oxygen atoms in total. The molecule has 0 saturated carbocycles. The van der Waals surface area contributed by atoms with Crippen LogP contribution >= 0.6 is 0 Å². The van der Waals surface area contributed by atoms with Crippen LogP contribution in [0.15, 0.2) is 12.1 Å². The van der Waals surface area contributed by atoms with Crippen molar-refractivity contribution in [2.45, 2.75) is 6.92 Å². The van der Waals surface area contributed by atoms with Gasteiger partial charge in [0.25, 0.3) is 0 Å². The quantitative estimate of drug-likeness (QED) is 0.594. The van der Waals surface area contributed by atoms with Crippen LogP contribution in [-0.2, 0) is 0 Å². The van der Waals surface area contributed by atoms with E-state index in [0.29, 0.717) is 17.1 Å². The normalized spacial score (nSPS) is 9.64. The lowest BCUT2D eigenvalue weighted by atomic mass is 10.1. The van der Waals surface area contributed by atoms with E-state index in [1.165, 1.54) is 0 Å². The summed E-state index contributed by atoms with van der Waals surface area (Å²) in [6.07, 6.45) is 0. The summed E-state index contributed by atoms with van der Waals surface area (Å²) < 4.78 is 5.05. The van der Waals surface area contributed by atoms with Crippen molar-refractivity contribution >= 4 is 11.4 Å². The predicted molar refractivity (Wildman–Crippen MR) is 46.6 cm³/mol. The van der Waals surface area contributed by atoms with Crippen LogP contribution in [-0.4, -0.2) is 7.11 Å². The third-order valence-corrected chi connectivity index (χ3v) is 1.68. The van der Waals surface area contributed by atoms with E-state index >= 15 is 0 Å². The highest BCUT2D eigenvalue weighted by molar-refractivity contribution is 5.65. The second-order valence-electron chi connectivity index (χ2n) is 2.40. The van der Waals surface area contributed by atoms with Gasteiger partial charge in [0.2, 0.25) is 0 Å². The van der Waals surface area contributed by atoms with Gasteiger partial charge in [0.1, 0.15) is 5.75 Å². The zero-order valence-electron chi connectivity index (χ0n) is 6.72. The highest BCUT2D eigenvalue weighted by atomic mass is 16.5. The SMILES string of the molecule is COc1c(N)ccc(N)c1C. The average Bonchev–Trinajstić information content (AvgIpc) is 1.99. The summed E-state index contributed by atoms with van der Waals surface area (Å²) in [5.74, 6) is 0.671. The first-order valence-electron chi connectivity index (χ1n) is 3.35. The first kappa shape index (κ1) is 7.72. The number of nitrogens with two attached hydrogens (primary N) is 2. The summed E-state index contributed by atoms with van der Waals surface area (Å²) in [6.45, 7) is 1.88. The zero-order valence-corrected chi connectivity index (χ0v) is 6.72. The van der Waals surface area contributed by atoms with E-state index in [1.807, 2.05) is 6.92 Å². The minimum Gasteiger partial charge on any atom is -0.494 e. The van der Waals surface area contributed by atoms with Crippen molar-refractivity contribution in [2.75, 3.05) is 18.6 Å². The second-order valence-corrected chi connectivity index (χ2v) is 2.40. The molecule has 0 fully saturated rings. The molecule has 0 unspecified atom stereocenters. The van der Waals surface area contributed by atoms with Crippen LogP contribution in [0.2, 0.25) is 0 Å². The highest BCUT2D eigenvalue weighted by Gasteiger charge is 2.04. The Morgan fingerprint density at radius 1 is 1.18 bits per heavy atom. The molecule has 60 valence electrons. The second kappa shape index (κ2) is 2.70. The minimum absolute atomic E-state index is 0.624. The largest absolute Gasteiger partial charge is 0.494 e. The Balaban J connectivity index is 3.29. The molecule has 0 heterocycles. The van der Waals surface area contributed by atoms with Gasteiger partial charge in [0.15, 0.2) is 0 Å². The third-order valence-electron chi connectivity index (χ3n) is 1.68. The number of benzene rings is 1. The van der Waals surface area contributed by atoms with E-state index < -0.39 is 0 Å². The molecule has 0 aliphatic rings. The summed E-state index contributed by atoms with van der Waals surface area (Å²) in [5.41, 5.74) is 13.5. The molecule has 4 N–H and O–H groups in total. The molecular formula is C8H12N2O. The number of ether oxygens (including phenoxy) is 1. The number of hydrogen-bond acceptors (Lipinski definition) is 3. The van der Waals surface area contributed by atoms with Crippen molar-refractivity contribution < 1.29 is 4.74 Å². The van der Waals surface area contributed by atoms with Gasteiger partial charge in [-0.3, -0.25) is 0 Å². The molecule has 1 aromatic carbocycles. The van der Waals surface area contributed by atoms with Gasteiger partial charge < -0.3 is 16.2 Å². The molecule has 0 aliphatic heterocycles. The Hall–Kier alpha value is -1.38. The van der Waals surface area contributed by atoms with Crippen molar-refractivity contribution in [3.8, 4) is 5.75 Å². The fourth-order valence-corrected chi connectivity index (χ4v) is 0.999. The smallest absolute Gasteiger partial charge is 0.146 e. The molecule has 0 aromatic heterocycles. The van der Waals surface area contributed by atoms with E-state index in [9.17, 15) is 0 Å². The molecule has 0 aliphatic carbocycles. The van der Waals surface area contributed by atoms with Crippen LogP contribution in [0.5, 0.6) is 5.75 Å². The Morgan fingerprint density at radius 3 is 2.18 bits per heavy atom. The molecule has 3 heteroatoms. The van der Waals surface area contributed by atoms with Gasteiger partial charge >= 0.3 is 0 Å². The number of hydrogen-bond donors (Lipinski definition) is 2. The molecule has 0 atom stereocenters. The van der Waals surface area contributed by atoms with Crippen LogP contribution in [0.25, 0.3) is 0 Å². The van der Waals surface area contributed by atoms with E-state index in [-0.39, 0.29) is 0 Å². The summed E-state index contributed by atoms with van der Waals surface area (Å²) in [6, 6.07) is 3.51. The fourth-order valence-electron chi connectivity index (χ4n) is 0.999. The number of methoxy groups -OCH3 is 1. The maximum Gasteiger partial charge on any atom is 0.146 e. The van der Waals surface area contributed by atoms with E-state index in [2.05, 4.69) is 0 Å². The molecule has 0 spiro atoms. The van der Waals surface area contributed by atoms with E-state index in [0.717, 1.165) is 5.56 Å². The first-order valence-corrected chi connectivity index (χ1v) is 3.35. The van der Waals surface area contributed by atoms with Crippen LogP contribution in [0.3, 0.4) is 0 Å². The van der Waals surface area contributed by atoms with Crippen molar-refractivity contribution in [3.63, 3.8) is 0 Å². The highest BCUT2D eigenvalue weighted by Crippen LogP contribution is 2.29. The van der Waals surface area contributed by atoms with Crippen molar-refractivity contribution in [1.29, 1.82) is 0 Å². The van der Waals surface area contributed by atoms with Gasteiger partial charge in [0.05, 0.1) is 12.8 Å². The lowest BCUT2D eigenvalue weighted by Crippen LogP contribution is -1.98.